The van der Waals surface area contributed by atoms with E-state index in [-0.39, 0.29) is 6.10 Å². The third-order valence-corrected chi connectivity index (χ3v) is 3.33. The predicted octanol–water partition coefficient (Wildman–Crippen LogP) is 2.13. The maximum atomic E-state index is 9.29. The monoisotopic (exact) mass is 199 g/mol. The molecule has 0 spiro atoms. The Balaban J connectivity index is 2.31. The van der Waals surface area contributed by atoms with Crippen LogP contribution in [0.3, 0.4) is 0 Å². The summed E-state index contributed by atoms with van der Waals surface area (Å²) in [7, 11) is 0. The minimum absolute atomic E-state index is 0.179. The average Bonchev–Trinajstić information content (AvgIpc) is 2.02. The van der Waals surface area contributed by atoms with Crippen LogP contribution >= 0.6 is 0 Å². The number of hydrogen-bond acceptors (Lipinski definition) is 2. The second-order valence-corrected chi connectivity index (χ2v) is 5.79. The maximum Gasteiger partial charge on any atom is 0.0639 e. The Bertz CT molecular complexity index is 164. The quantitative estimate of drug-likeness (QED) is 0.736. The summed E-state index contributed by atoms with van der Waals surface area (Å²) in [6, 6.07) is 0. The fourth-order valence-corrected chi connectivity index (χ4v) is 2.36. The number of hydrogen-bond donors (Lipinski definition) is 1. The number of piperidine rings is 1. The number of aliphatic hydroxyl groups excluding tert-OH is 1. The molecule has 0 amide bonds. The summed E-state index contributed by atoms with van der Waals surface area (Å²) in [5.74, 6) is 0.854. The van der Waals surface area contributed by atoms with Gasteiger partial charge in [-0.1, -0.05) is 20.8 Å². The van der Waals surface area contributed by atoms with Crippen LogP contribution in [0, 0.1) is 11.3 Å². The van der Waals surface area contributed by atoms with E-state index in [9.17, 15) is 5.11 Å². The zero-order valence-electron chi connectivity index (χ0n) is 10.1. The van der Waals surface area contributed by atoms with E-state index in [1.165, 1.54) is 12.8 Å². The first-order valence-electron chi connectivity index (χ1n) is 5.80. The zero-order valence-corrected chi connectivity index (χ0v) is 10.1. The van der Waals surface area contributed by atoms with Crippen LogP contribution in [-0.2, 0) is 0 Å². The highest BCUT2D eigenvalue weighted by Crippen LogP contribution is 2.34. The summed E-state index contributed by atoms with van der Waals surface area (Å²) in [6.07, 6.45) is 2.40. The van der Waals surface area contributed by atoms with Crippen LogP contribution in [0.15, 0.2) is 0 Å². The summed E-state index contributed by atoms with van der Waals surface area (Å²) in [5.41, 5.74) is 0.455. The fraction of sp³-hybridized carbons (Fsp3) is 1.00. The Kier molecular flexibility index (Phi) is 3.96. The van der Waals surface area contributed by atoms with Crippen LogP contribution in [0.4, 0.5) is 0 Å². The molecule has 0 aliphatic carbocycles. The molecule has 84 valence electrons. The van der Waals surface area contributed by atoms with Gasteiger partial charge in [-0.15, -0.1) is 0 Å². The highest BCUT2D eigenvalue weighted by molar-refractivity contribution is 4.80. The molecule has 0 aromatic carbocycles. The Morgan fingerprint density at radius 3 is 2.14 bits per heavy atom. The van der Waals surface area contributed by atoms with Gasteiger partial charge >= 0.3 is 0 Å². The molecular weight excluding hydrogens is 174 g/mol. The molecule has 1 fully saturated rings. The summed E-state index contributed by atoms with van der Waals surface area (Å²) in [5, 5.41) is 9.29. The molecule has 2 heteroatoms. The van der Waals surface area contributed by atoms with Crippen molar-refractivity contribution in [3.63, 3.8) is 0 Å². The normalized spacial score (nSPS) is 23.8. The standard InChI is InChI=1S/C12H25NO/c1-10(14)9-13-7-5-11(6-8-13)12(2,3)4/h10-11,14H,5-9H2,1-4H3. The maximum absolute atomic E-state index is 9.29. The van der Waals surface area contributed by atoms with Crippen molar-refractivity contribution >= 4 is 0 Å². The van der Waals surface area contributed by atoms with Gasteiger partial charge in [0.25, 0.3) is 0 Å². The molecule has 1 saturated heterocycles. The molecule has 0 radical (unpaired) electrons. The molecule has 1 aliphatic heterocycles. The van der Waals surface area contributed by atoms with Crippen molar-refractivity contribution in [2.75, 3.05) is 19.6 Å². The SMILES string of the molecule is CC(O)CN1CCC(C(C)(C)C)CC1. The van der Waals surface area contributed by atoms with Gasteiger partial charge < -0.3 is 10.0 Å². The fourth-order valence-electron chi connectivity index (χ4n) is 2.36. The minimum Gasteiger partial charge on any atom is -0.392 e. The Morgan fingerprint density at radius 2 is 1.79 bits per heavy atom. The largest absolute Gasteiger partial charge is 0.392 e. The Hall–Kier alpha value is -0.0800. The molecule has 0 aromatic rings. The third-order valence-electron chi connectivity index (χ3n) is 3.33. The van der Waals surface area contributed by atoms with Crippen LogP contribution in [0.5, 0.6) is 0 Å². The number of nitrogens with zero attached hydrogens (tertiary/aromatic N) is 1. The van der Waals surface area contributed by atoms with Crippen LogP contribution < -0.4 is 0 Å². The highest BCUT2D eigenvalue weighted by atomic mass is 16.3. The summed E-state index contributed by atoms with van der Waals surface area (Å²) in [4.78, 5) is 2.38. The van der Waals surface area contributed by atoms with Crippen molar-refractivity contribution < 1.29 is 5.11 Å². The van der Waals surface area contributed by atoms with Crippen molar-refractivity contribution in [2.45, 2.75) is 46.6 Å². The summed E-state index contributed by atoms with van der Waals surface area (Å²) >= 11 is 0. The lowest BCUT2D eigenvalue weighted by molar-refractivity contribution is 0.0724. The van der Waals surface area contributed by atoms with Gasteiger partial charge in [0.1, 0.15) is 0 Å². The molecule has 14 heavy (non-hydrogen) atoms. The lowest BCUT2D eigenvalue weighted by Gasteiger charge is -2.39. The third kappa shape index (κ3) is 3.58. The number of likely N-dealkylation sites (tertiary alicyclic amines) is 1. The van der Waals surface area contributed by atoms with Gasteiger partial charge in [0.05, 0.1) is 6.10 Å². The van der Waals surface area contributed by atoms with E-state index in [0.29, 0.717) is 5.41 Å². The highest BCUT2D eigenvalue weighted by Gasteiger charge is 2.28. The first-order chi connectivity index (χ1) is 6.39. The molecule has 0 aromatic heterocycles. The van der Waals surface area contributed by atoms with Crippen molar-refractivity contribution in [1.29, 1.82) is 0 Å². The smallest absolute Gasteiger partial charge is 0.0639 e. The molecule has 1 aliphatic rings. The molecular formula is C12H25NO. The Labute approximate surface area is 88.3 Å². The van der Waals surface area contributed by atoms with Gasteiger partial charge in [-0.3, -0.25) is 0 Å². The van der Waals surface area contributed by atoms with Gasteiger partial charge in [0.2, 0.25) is 0 Å². The van der Waals surface area contributed by atoms with E-state index in [0.717, 1.165) is 25.6 Å². The molecule has 0 bridgehead atoms. The number of rotatable bonds is 2. The topological polar surface area (TPSA) is 23.5 Å². The average molecular weight is 199 g/mol. The van der Waals surface area contributed by atoms with E-state index >= 15 is 0 Å². The first kappa shape index (κ1) is 12.0. The lowest BCUT2D eigenvalue weighted by Crippen LogP contribution is -2.40. The van der Waals surface area contributed by atoms with Gasteiger partial charge in [-0.25, -0.2) is 0 Å². The predicted molar refractivity (Wildman–Crippen MR) is 60.3 cm³/mol. The lowest BCUT2D eigenvalue weighted by atomic mass is 9.75. The number of aliphatic hydroxyl groups is 1. The molecule has 1 unspecified atom stereocenters. The van der Waals surface area contributed by atoms with E-state index in [2.05, 4.69) is 25.7 Å². The molecule has 2 nitrogen and oxygen atoms in total. The van der Waals surface area contributed by atoms with Crippen molar-refractivity contribution in [1.82, 2.24) is 4.90 Å². The van der Waals surface area contributed by atoms with Gasteiger partial charge in [0.15, 0.2) is 0 Å². The van der Waals surface area contributed by atoms with Gasteiger partial charge in [0, 0.05) is 6.54 Å². The van der Waals surface area contributed by atoms with Gasteiger partial charge in [-0.2, -0.15) is 0 Å². The van der Waals surface area contributed by atoms with Crippen molar-refractivity contribution in [2.24, 2.45) is 11.3 Å². The van der Waals surface area contributed by atoms with E-state index in [1.54, 1.807) is 0 Å². The second kappa shape index (κ2) is 4.63. The minimum atomic E-state index is -0.179. The van der Waals surface area contributed by atoms with E-state index < -0.39 is 0 Å². The zero-order chi connectivity index (χ0) is 10.8. The number of β-amino-alcohol motifs (C(OH)–C–C–N with tert-alkyl or cyclic N) is 1. The van der Waals surface area contributed by atoms with Gasteiger partial charge in [-0.05, 0) is 44.2 Å². The van der Waals surface area contributed by atoms with Crippen molar-refractivity contribution in [3.05, 3.63) is 0 Å². The van der Waals surface area contributed by atoms with Crippen LogP contribution in [0.25, 0.3) is 0 Å². The van der Waals surface area contributed by atoms with E-state index in [4.69, 9.17) is 0 Å². The molecule has 1 rings (SSSR count). The Morgan fingerprint density at radius 1 is 1.29 bits per heavy atom. The van der Waals surface area contributed by atoms with Crippen LogP contribution in [0.2, 0.25) is 0 Å². The second-order valence-electron chi connectivity index (χ2n) is 5.79. The molecule has 1 heterocycles. The first-order valence-corrected chi connectivity index (χ1v) is 5.80. The molecule has 1 N–H and O–H groups in total. The van der Waals surface area contributed by atoms with E-state index in [1.807, 2.05) is 6.92 Å². The summed E-state index contributed by atoms with van der Waals surface area (Å²) in [6.45, 7) is 12.0. The summed E-state index contributed by atoms with van der Waals surface area (Å²) < 4.78 is 0. The molecule has 0 saturated carbocycles. The van der Waals surface area contributed by atoms with Crippen LogP contribution in [-0.4, -0.2) is 35.7 Å². The van der Waals surface area contributed by atoms with Crippen molar-refractivity contribution in [3.8, 4) is 0 Å². The van der Waals surface area contributed by atoms with Crippen LogP contribution in [0.1, 0.15) is 40.5 Å². The molecule has 1 atom stereocenters.